The summed E-state index contributed by atoms with van der Waals surface area (Å²) in [5.41, 5.74) is 2.28. The predicted octanol–water partition coefficient (Wildman–Crippen LogP) is 1.72. The number of imidazole rings is 1. The van der Waals surface area contributed by atoms with Crippen molar-refractivity contribution in [1.29, 1.82) is 0 Å². The average Bonchev–Trinajstić information content (AvgIpc) is 2.89. The molecule has 0 bridgehead atoms. The lowest BCUT2D eigenvalue weighted by Gasteiger charge is -2.11. The number of nitrogens with zero attached hydrogens (tertiary/aromatic N) is 4. The Balaban J connectivity index is 2.05. The molecule has 5 heteroatoms. The van der Waals surface area contributed by atoms with Crippen LogP contribution < -0.4 is 5.32 Å². The SMILES string of the molecule is Cc1ncc(CNCC(C)C)n1Cc1ccn(C)n1. The maximum absolute atomic E-state index is 4.42. The number of aromatic nitrogens is 4. The standard InChI is InChI=1S/C14H23N5/c1-11(2)7-15-8-14-9-16-12(3)19(14)10-13-5-6-18(4)17-13/h5-6,9,11,15H,7-8,10H2,1-4H3. The minimum Gasteiger partial charge on any atom is -0.325 e. The predicted molar refractivity (Wildman–Crippen MR) is 75.8 cm³/mol. The van der Waals surface area contributed by atoms with Crippen molar-refractivity contribution < 1.29 is 0 Å². The first-order valence-electron chi connectivity index (χ1n) is 6.76. The third-order valence-corrected chi connectivity index (χ3v) is 3.09. The van der Waals surface area contributed by atoms with E-state index in [1.54, 1.807) is 0 Å². The molecule has 2 aromatic rings. The Kier molecular flexibility index (Phi) is 4.37. The fraction of sp³-hybridized carbons (Fsp3) is 0.571. The van der Waals surface area contributed by atoms with Gasteiger partial charge >= 0.3 is 0 Å². The number of hydrogen-bond donors (Lipinski definition) is 1. The molecule has 104 valence electrons. The third kappa shape index (κ3) is 3.67. The lowest BCUT2D eigenvalue weighted by Crippen LogP contribution is -2.21. The van der Waals surface area contributed by atoms with Crippen LogP contribution in [-0.2, 0) is 20.1 Å². The summed E-state index contributed by atoms with van der Waals surface area (Å²) in [4.78, 5) is 4.41. The molecule has 0 aliphatic carbocycles. The quantitative estimate of drug-likeness (QED) is 0.861. The lowest BCUT2D eigenvalue weighted by molar-refractivity contribution is 0.536. The molecule has 0 aliphatic rings. The van der Waals surface area contributed by atoms with Crippen LogP contribution in [0.5, 0.6) is 0 Å². The van der Waals surface area contributed by atoms with Gasteiger partial charge < -0.3 is 9.88 Å². The number of aryl methyl sites for hydroxylation is 2. The highest BCUT2D eigenvalue weighted by Crippen LogP contribution is 2.08. The molecule has 2 heterocycles. The maximum Gasteiger partial charge on any atom is 0.106 e. The van der Waals surface area contributed by atoms with Gasteiger partial charge in [0.2, 0.25) is 0 Å². The first kappa shape index (κ1) is 13.8. The topological polar surface area (TPSA) is 47.7 Å². The van der Waals surface area contributed by atoms with E-state index in [-0.39, 0.29) is 0 Å². The van der Waals surface area contributed by atoms with Crippen LogP contribution in [0.25, 0.3) is 0 Å². The first-order valence-corrected chi connectivity index (χ1v) is 6.76. The van der Waals surface area contributed by atoms with Gasteiger partial charge in [-0.1, -0.05) is 13.8 Å². The third-order valence-electron chi connectivity index (χ3n) is 3.09. The van der Waals surface area contributed by atoms with Crippen molar-refractivity contribution >= 4 is 0 Å². The van der Waals surface area contributed by atoms with Gasteiger partial charge in [-0.25, -0.2) is 4.98 Å². The molecular weight excluding hydrogens is 238 g/mol. The highest BCUT2D eigenvalue weighted by Gasteiger charge is 2.08. The van der Waals surface area contributed by atoms with Gasteiger partial charge in [-0.15, -0.1) is 0 Å². The van der Waals surface area contributed by atoms with E-state index in [1.165, 1.54) is 5.69 Å². The average molecular weight is 261 g/mol. The fourth-order valence-electron chi connectivity index (χ4n) is 2.07. The molecule has 0 atom stereocenters. The van der Waals surface area contributed by atoms with Crippen LogP contribution in [0.4, 0.5) is 0 Å². The molecule has 0 unspecified atom stereocenters. The van der Waals surface area contributed by atoms with Crippen LogP contribution in [0.3, 0.4) is 0 Å². The van der Waals surface area contributed by atoms with E-state index in [0.717, 1.165) is 31.2 Å². The largest absolute Gasteiger partial charge is 0.325 e. The Bertz CT molecular complexity index is 524. The van der Waals surface area contributed by atoms with E-state index in [0.29, 0.717) is 5.92 Å². The second-order valence-electron chi connectivity index (χ2n) is 5.39. The monoisotopic (exact) mass is 261 g/mol. The van der Waals surface area contributed by atoms with E-state index in [1.807, 2.05) is 37.1 Å². The summed E-state index contributed by atoms with van der Waals surface area (Å²) in [5, 5.41) is 7.88. The van der Waals surface area contributed by atoms with Gasteiger partial charge in [0.1, 0.15) is 5.82 Å². The zero-order valence-electron chi connectivity index (χ0n) is 12.2. The van der Waals surface area contributed by atoms with Crippen molar-refractivity contribution in [2.75, 3.05) is 6.54 Å². The molecule has 0 radical (unpaired) electrons. The highest BCUT2D eigenvalue weighted by molar-refractivity contribution is 5.09. The van der Waals surface area contributed by atoms with Gasteiger partial charge in [0.05, 0.1) is 17.9 Å². The molecule has 2 aromatic heterocycles. The first-order chi connectivity index (χ1) is 9.06. The molecule has 19 heavy (non-hydrogen) atoms. The molecule has 0 saturated carbocycles. The summed E-state index contributed by atoms with van der Waals surface area (Å²) >= 11 is 0. The maximum atomic E-state index is 4.42. The summed E-state index contributed by atoms with van der Waals surface area (Å²) in [7, 11) is 1.94. The molecule has 0 saturated heterocycles. The fourth-order valence-corrected chi connectivity index (χ4v) is 2.07. The molecule has 2 rings (SSSR count). The molecule has 0 aliphatic heterocycles. The Morgan fingerprint density at radius 3 is 2.79 bits per heavy atom. The Morgan fingerprint density at radius 2 is 2.16 bits per heavy atom. The van der Waals surface area contributed by atoms with Crippen LogP contribution in [0, 0.1) is 12.8 Å². The molecule has 0 spiro atoms. The van der Waals surface area contributed by atoms with Crippen molar-refractivity contribution in [3.63, 3.8) is 0 Å². The molecule has 0 fully saturated rings. The van der Waals surface area contributed by atoms with Crippen LogP contribution in [0.1, 0.15) is 31.1 Å². The smallest absolute Gasteiger partial charge is 0.106 e. The zero-order chi connectivity index (χ0) is 13.8. The molecule has 5 nitrogen and oxygen atoms in total. The van der Waals surface area contributed by atoms with E-state index in [9.17, 15) is 0 Å². The van der Waals surface area contributed by atoms with Crippen molar-refractivity contribution in [2.45, 2.75) is 33.9 Å². The van der Waals surface area contributed by atoms with Crippen LogP contribution >= 0.6 is 0 Å². The van der Waals surface area contributed by atoms with Gasteiger partial charge in [0, 0.05) is 26.0 Å². The normalized spacial score (nSPS) is 11.4. The van der Waals surface area contributed by atoms with Crippen molar-refractivity contribution in [3.8, 4) is 0 Å². The zero-order valence-corrected chi connectivity index (χ0v) is 12.2. The minimum atomic E-state index is 0.660. The lowest BCUT2D eigenvalue weighted by atomic mass is 10.2. The summed E-state index contributed by atoms with van der Waals surface area (Å²) in [5.74, 6) is 1.69. The van der Waals surface area contributed by atoms with Crippen molar-refractivity contribution in [2.24, 2.45) is 13.0 Å². The molecule has 0 amide bonds. The van der Waals surface area contributed by atoms with Crippen molar-refractivity contribution in [1.82, 2.24) is 24.6 Å². The summed E-state index contributed by atoms with van der Waals surface area (Å²) < 4.78 is 4.05. The van der Waals surface area contributed by atoms with Gasteiger partial charge in [0.25, 0.3) is 0 Å². The molecular formula is C14H23N5. The van der Waals surface area contributed by atoms with Gasteiger partial charge in [-0.2, -0.15) is 5.10 Å². The van der Waals surface area contributed by atoms with E-state index < -0.39 is 0 Å². The summed E-state index contributed by atoms with van der Waals surface area (Å²) in [6.07, 6.45) is 3.92. The minimum absolute atomic E-state index is 0.660. The van der Waals surface area contributed by atoms with E-state index in [4.69, 9.17) is 0 Å². The van der Waals surface area contributed by atoms with Gasteiger partial charge in [-0.3, -0.25) is 4.68 Å². The number of nitrogens with one attached hydrogen (secondary N) is 1. The second kappa shape index (κ2) is 6.02. The van der Waals surface area contributed by atoms with E-state index >= 15 is 0 Å². The van der Waals surface area contributed by atoms with Crippen molar-refractivity contribution in [3.05, 3.63) is 35.7 Å². The summed E-state index contributed by atoms with van der Waals surface area (Å²) in [6, 6.07) is 2.05. The summed E-state index contributed by atoms with van der Waals surface area (Å²) in [6.45, 7) is 9.12. The Hall–Kier alpha value is -1.62. The Labute approximate surface area is 114 Å². The van der Waals surface area contributed by atoms with Crippen LogP contribution in [0.15, 0.2) is 18.5 Å². The van der Waals surface area contributed by atoms with Crippen LogP contribution in [-0.4, -0.2) is 25.9 Å². The van der Waals surface area contributed by atoms with Crippen LogP contribution in [0.2, 0.25) is 0 Å². The highest BCUT2D eigenvalue weighted by atomic mass is 15.3. The number of rotatable bonds is 6. The van der Waals surface area contributed by atoms with E-state index in [2.05, 4.69) is 33.8 Å². The second-order valence-corrected chi connectivity index (χ2v) is 5.39. The number of hydrogen-bond acceptors (Lipinski definition) is 3. The van der Waals surface area contributed by atoms with Gasteiger partial charge in [0.15, 0.2) is 0 Å². The Morgan fingerprint density at radius 1 is 1.37 bits per heavy atom. The van der Waals surface area contributed by atoms with Gasteiger partial charge in [-0.05, 0) is 25.5 Å². The molecule has 1 N–H and O–H groups in total. The molecule has 0 aromatic carbocycles.